The smallest absolute Gasteiger partial charge is 0.335 e. The molecule has 0 fully saturated rings. The molecule has 0 aromatic heterocycles. The van der Waals surface area contributed by atoms with Gasteiger partial charge in [0, 0.05) is 17.6 Å². The van der Waals surface area contributed by atoms with Crippen molar-refractivity contribution in [3.8, 4) is 0 Å². The highest BCUT2D eigenvalue weighted by Crippen LogP contribution is 2.23. The van der Waals surface area contributed by atoms with Crippen LogP contribution in [-0.2, 0) is 6.54 Å². The molecule has 0 aliphatic heterocycles. The Balaban J connectivity index is 2.06. The lowest BCUT2D eigenvalue weighted by Gasteiger charge is -2.25. The van der Waals surface area contributed by atoms with Crippen molar-refractivity contribution in [2.45, 2.75) is 19.5 Å². The number of hydrogen-bond donors (Lipinski definition) is 1. The van der Waals surface area contributed by atoms with Crippen LogP contribution in [0.3, 0.4) is 0 Å². The fourth-order valence-electron chi connectivity index (χ4n) is 2.20. The van der Waals surface area contributed by atoms with Crippen LogP contribution in [0.1, 0.15) is 34.5 Å². The minimum atomic E-state index is -0.901. The van der Waals surface area contributed by atoms with Gasteiger partial charge in [0.15, 0.2) is 0 Å². The maximum Gasteiger partial charge on any atom is 0.335 e. The van der Waals surface area contributed by atoms with E-state index < -0.39 is 5.97 Å². The van der Waals surface area contributed by atoms with Gasteiger partial charge in [-0.25, -0.2) is 4.79 Å². The third-order valence-corrected chi connectivity index (χ3v) is 3.86. The van der Waals surface area contributed by atoms with Crippen LogP contribution in [0.2, 0.25) is 5.02 Å². The molecule has 0 aliphatic rings. The van der Waals surface area contributed by atoms with Crippen molar-refractivity contribution in [3.63, 3.8) is 0 Å². The normalized spacial score (nSPS) is 12.4. The molecule has 0 spiro atoms. The molecule has 21 heavy (non-hydrogen) atoms. The fraction of sp³-hybridized carbons (Fsp3) is 0.235. The lowest BCUT2D eigenvalue weighted by molar-refractivity contribution is 0.0697. The van der Waals surface area contributed by atoms with Gasteiger partial charge in [0.25, 0.3) is 0 Å². The first-order valence-corrected chi connectivity index (χ1v) is 7.13. The molecule has 1 atom stereocenters. The highest BCUT2D eigenvalue weighted by Gasteiger charge is 2.12. The average Bonchev–Trinajstić information content (AvgIpc) is 2.47. The lowest BCUT2D eigenvalue weighted by atomic mass is 10.1. The van der Waals surface area contributed by atoms with Crippen molar-refractivity contribution in [1.29, 1.82) is 0 Å². The number of aromatic carboxylic acids is 1. The van der Waals surface area contributed by atoms with E-state index in [1.165, 1.54) is 0 Å². The topological polar surface area (TPSA) is 40.5 Å². The molecule has 1 unspecified atom stereocenters. The molecule has 0 radical (unpaired) electrons. The van der Waals surface area contributed by atoms with Crippen molar-refractivity contribution in [2.24, 2.45) is 0 Å². The Labute approximate surface area is 129 Å². The molecule has 1 N–H and O–H groups in total. The second kappa shape index (κ2) is 6.74. The number of carbonyl (C=O) groups is 1. The van der Waals surface area contributed by atoms with Crippen LogP contribution in [0.4, 0.5) is 0 Å². The number of nitrogens with zero attached hydrogens (tertiary/aromatic N) is 1. The van der Waals surface area contributed by atoms with Gasteiger partial charge in [-0.1, -0.05) is 35.9 Å². The lowest BCUT2D eigenvalue weighted by Crippen LogP contribution is -2.21. The van der Waals surface area contributed by atoms with Gasteiger partial charge < -0.3 is 5.11 Å². The third kappa shape index (κ3) is 4.06. The van der Waals surface area contributed by atoms with E-state index in [1.807, 2.05) is 37.4 Å². The molecule has 2 aromatic carbocycles. The Morgan fingerprint density at radius 3 is 2.48 bits per heavy atom. The number of carboxylic acid groups (broad SMARTS) is 1. The zero-order chi connectivity index (χ0) is 15.4. The number of rotatable bonds is 5. The number of hydrogen-bond acceptors (Lipinski definition) is 2. The van der Waals surface area contributed by atoms with Gasteiger partial charge in [-0.2, -0.15) is 0 Å². The molecule has 0 amide bonds. The number of carboxylic acids is 1. The average molecular weight is 304 g/mol. The van der Waals surface area contributed by atoms with Crippen LogP contribution < -0.4 is 0 Å². The largest absolute Gasteiger partial charge is 0.478 e. The molecule has 0 bridgehead atoms. The van der Waals surface area contributed by atoms with E-state index in [0.717, 1.165) is 22.7 Å². The Hall–Kier alpha value is -1.84. The van der Waals surface area contributed by atoms with Crippen LogP contribution in [-0.4, -0.2) is 23.0 Å². The predicted molar refractivity (Wildman–Crippen MR) is 84.7 cm³/mol. The van der Waals surface area contributed by atoms with E-state index in [2.05, 4.69) is 17.9 Å². The fourth-order valence-corrected chi connectivity index (χ4v) is 2.40. The highest BCUT2D eigenvalue weighted by molar-refractivity contribution is 6.30. The summed E-state index contributed by atoms with van der Waals surface area (Å²) in [5.41, 5.74) is 2.55. The van der Waals surface area contributed by atoms with Gasteiger partial charge in [0.1, 0.15) is 0 Å². The number of benzene rings is 2. The molecule has 0 heterocycles. The van der Waals surface area contributed by atoms with E-state index >= 15 is 0 Å². The maximum atomic E-state index is 10.8. The van der Waals surface area contributed by atoms with Crippen molar-refractivity contribution >= 4 is 17.6 Å². The third-order valence-electron chi connectivity index (χ3n) is 3.63. The summed E-state index contributed by atoms with van der Waals surface area (Å²) >= 11 is 6.03. The van der Waals surface area contributed by atoms with Gasteiger partial charge >= 0.3 is 5.97 Å². The first-order valence-electron chi connectivity index (χ1n) is 6.75. The van der Waals surface area contributed by atoms with Crippen LogP contribution in [0.25, 0.3) is 0 Å². The Bertz CT molecular complexity index is 625. The quantitative estimate of drug-likeness (QED) is 0.898. The van der Waals surface area contributed by atoms with E-state index in [-0.39, 0.29) is 6.04 Å². The van der Waals surface area contributed by atoms with Crippen LogP contribution in [0.15, 0.2) is 48.5 Å². The van der Waals surface area contributed by atoms with Gasteiger partial charge in [-0.15, -0.1) is 0 Å². The molecular formula is C17H18ClNO2. The Morgan fingerprint density at radius 2 is 1.90 bits per heavy atom. The van der Waals surface area contributed by atoms with E-state index in [1.54, 1.807) is 12.1 Å². The second-order valence-electron chi connectivity index (χ2n) is 5.15. The summed E-state index contributed by atoms with van der Waals surface area (Å²) in [4.78, 5) is 13.0. The zero-order valence-corrected chi connectivity index (χ0v) is 12.8. The minimum absolute atomic E-state index is 0.225. The molecule has 2 aromatic rings. The second-order valence-corrected chi connectivity index (χ2v) is 5.58. The summed E-state index contributed by atoms with van der Waals surface area (Å²) in [7, 11) is 2.04. The Kier molecular flexibility index (Phi) is 4.99. The minimum Gasteiger partial charge on any atom is -0.478 e. The molecule has 0 saturated carbocycles. The van der Waals surface area contributed by atoms with Crippen molar-refractivity contribution < 1.29 is 9.90 Å². The SMILES string of the molecule is CC(c1cccc(Cl)c1)N(C)Cc1ccc(C(=O)O)cc1. The molecule has 0 aliphatic carbocycles. The Morgan fingerprint density at radius 1 is 1.24 bits per heavy atom. The maximum absolute atomic E-state index is 10.8. The summed E-state index contributed by atoms with van der Waals surface area (Å²) in [6, 6.07) is 15.0. The van der Waals surface area contributed by atoms with E-state index in [9.17, 15) is 4.79 Å². The first-order chi connectivity index (χ1) is 9.97. The van der Waals surface area contributed by atoms with Crippen molar-refractivity contribution in [3.05, 3.63) is 70.2 Å². The van der Waals surface area contributed by atoms with Crippen molar-refractivity contribution in [2.75, 3.05) is 7.05 Å². The molecule has 2 rings (SSSR count). The molecule has 3 nitrogen and oxygen atoms in total. The van der Waals surface area contributed by atoms with Gasteiger partial charge in [-0.3, -0.25) is 4.90 Å². The summed E-state index contributed by atoms with van der Waals surface area (Å²) < 4.78 is 0. The first kappa shape index (κ1) is 15.5. The molecule has 0 saturated heterocycles. The van der Waals surface area contributed by atoms with Gasteiger partial charge in [-0.05, 0) is 49.4 Å². The standard InChI is InChI=1S/C17H18ClNO2/c1-12(15-4-3-5-16(18)10-15)19(2)11-13-6-8-14(9-7-13)17(20)21/h3-10,12H,11H2,1-2H3,(H,20,21). The molecule has 4 heteroatoms. The van der Waals surface area contributed by atoms with Crippen LogP contribution in [0, 0.1) is 0 Å². The monoisotopic (exact) mass is 303 g/mol. The summed E-state index contributed by atoms with van der Waals surface area (Å²) in [6.45, 7) is 2.87. The summed E-state index contributed by atoms with van der Waals surface area (Å²) in [6.07, 6.45) is 0. The van der Waals surface area contributed by atoms with Crippen molar-refractivity contribution in [1.82, 2.24) is 4.90 Å². The van der Waals surface area contributed by atoms with E-state index in [4.69, 9.17) is 16.7 Å². The zero-order valence-electron chi connectivity index (χ0n) is 12.1. The predicted octanol–water partition coefficient (Wildman–Crippen LogP) is 4.23. The van der Waals surface area contributed by atoms with Gasteiger partial charge in [0.05, 0.1) is 5.56 Å². The van der Waals surface area contributed by atoms with E-state index in [0.29, 0.717) is 5.56 Å². The van der Waals surface area contributed by atoms with Gasteiger partial charge in [0.2, 0.25) is 0 Å². The number of halogens is 1. The molecule has 110 valence electrons. The summed E-state index contributed by atoms with van der Waals surface area (Å²) in [5, 5.41) is 9.63. The van der Waals surface area contributed by atoms with Crippen LogP contribution >= 0.6 is 11.6 Å². The highest BCUT2D eigenvalue weighted by atomic mass is 35.5. The summed E-state index contributed by atoms with van der Waals surface area (Å²) in [5.74, 6) is -0.901. The van der Waals surface area contributed by atoms with Crippen LogP contribution in [0.5, 0.6) is 0 Å². The molecular weight excluding hydrogens is 286 g/mol.